The van der Waals surface area contributed by atoms with Gasteiger partial charge in [-0.25, -0.2) is 0 Å². The van der Waals surface area contributed by atoms with E-state index in [9.17, 15) is 55.5 Å². The van der Waals surface area contributed by atoms with E-state index in [2.05, 4.69) is 42.5 Å². The van der Waals surface area contributed by atoms with Gasteiger partial charge in [-0.1, -0.05) is 47.5 Å². The molecule has 13 rings (SSSR count). The van der Waals surface area contributed by atoms with Gasteiger partial charge >= 0.3 is 0 Å². The average molecular weight is 1360 g/mol. The van der Waals surface area contributed by atoms with Gasteiger partial charge in [-0.05, 0) is 138 Å². The van der Waals surface area contributed by atoms with Gasteiger partial charge in [0.1, 0.15) is 88.6 Å². The number of fused-ring (bicyclic) bond motifs is 14. The zero-order chi connectivity index (χ0) is 68.5. The minimum atomic E-state index is -2.19. The van der Waals surface area contributed by atoms with Crippen LogP contribution >= 0.6 is 23.2 Å². The van der Waals surface area contributed by atoms with Crippen molar-refractivity contribution in [3.8, 4) is 80.1 Å². The van der Waals surface area contributed by atoms with Crippen LogP contribution in [-0.4, -0.2) is 151 Å². The lowest BCUT2D eigenvalue weighted by Crippen LogP contribution is -2.56. The number of rotatable bonds is 9. The van der Waals surface area contributed by atoms with Gasteiger partial charge in [0.25, 0.3) is 0 Å². The van der Waals surface area contributed by atoms with Crippen LogP contribution in [0.2, 0.25) is 10.0 Å². The Bertz CT molecular complexity index is 4290. The first-order chi connectivity index (χ1) is 45.9. The first-order valence-corrected chi connectivity index (χ1v) is 30.6. The lowest BCUT2D eigenvalue weighted by atomic mass is 9.89. The average Bonchev–Trinajstić information content (AvgIpc) is 0.770. The number of nitrogens with zero attached hydrogens (tertiary/aromatic N) is 1. The van der Waals surface area contributed by atoms with E-state index < -0.39 is 148 Å². The molecule has 0 saturated heterocycles. The van der Waals surface area contributed by atoms with Gasteiger partial charge in [0.05, 0.1) is 22.8 Å². The van der Waals surface area contributed by atoms with Crippen LogP contribution in [0.15, 0.2) is 115 Å². The number of aromatic hydroxyl groups is 6. The number of nitrogens with one attached hydrogen (secondary N) is 8. The Labute approximate surface area is 555 Å². The standard InChI is InChI=1S/C66H63Cl2N9O19/c1-69-12-3-13-77(2)66(93)56-39-24-35(80)25-45(84)51(39)38-18-29(5-8-43(38)82)53-62(89)76-57(65(92)75-56)58(85)31-7-11-47(41(68)19-31)96-50-22-33-21-49(59(50)86)95-46-10-4-28(14-40(46)67)15-42-60(87)72-54(63(90)74-55(33)64(91)73-53)32-16-34(79)23-37(17-32)94-48-20-30(6-9-44(48)83)52(61(88)71-42)70-26-36(81)27-78/h4-11,14,16-25,36,42,52-58,69-70,78-86H,3,12-13,15,26-27H2,1-2H3,(H,71,88)(H,72,87)(H,73,91)(H,74,90)(H,75,92)(H,76,89)/t36?,42-,52+,53-,54+,55-,56-,57+,58-/m1/s1. The van der Waals surface area contributed by atoms with E-state index in [1.165, 1.54) is 78.7 Å². The summed E-state index contributed by atoms with van der Waals surface area (Å²) in [5.74, 6) is -13.7. The third-order valence-electron chi connectivity index (χ3n) is 16.5. The summed E-state index contributed by atoms with van der Waals surface area (Å²) in [6.07, 6.45) is -3.46. The van der Waals surface area contributed by atoms with Crippen molar-refractivity contribution in [1.82, 2.24) is 47.4 Å². The van der Waals surface area contributed by atoms with Crippen molar-refractivity contribution in [2.45, 2.75) is 67.3 Å². The smallest absolute Gasteiger partial charge is 0.249 e. The molecule has 17 N–H and O–H groups in total. The Hall–Kier alpha value is -10.6. The summed E-state index contributed by atoms with van der Waals surface area (Å²) < 4.78 is 18.7. The molecule has 6 heterocycles. The molecule has 0 aliphatic carbocycles. The highest BCUT2D eigenvalue weighted by Gasteiger charge is 2.42. The van der Waals surface area contributed by atoms with Gasteiger partial charge in [0, 0.05) is 49.8 Å². The second kappa shape index (κ2) is 27.8. The van der Waals surface area contributed by atoms with Crippen molar-refractivity contribution in [3.63, 3.8) is 0 Å². The predicted molar refractivity (Wildman–Crippen MR) is 340 cm³/mol. The minimum Gasteiger partial charge on any atom is -0.508 e. The van der Waals surface area contributed by atoms with Crippen LogP contribution in [0, 0.1) is 0 Å². The van der Waals surface area contributed by atoms with Gasteiger partial charge in [-0.2, -0.15) is 0 Å². The number of phenolic OH excluding ortho intramolecular Hbond substituents is 6. The number of aliphatic hydroxyl groups is 3. The molecular formula is C66H63Cl2N9O19. The largest absolute Gasteiger partial charge is 0.508 e. The molecule has 96 heavy (non-hydrogen) atoms. The normalized spacial score (nSPS) is 21.2. The maximum atomic E-state index is 15.9. The predicted octanol–water partition coefficient (Wildman–Crippen LogP) is 3.95. The van der Waals surface area contributed by atoms with Crippen LogP contribution in [0.3, 0.4) is 0 Å². The van der Waals surface area contributed by atoms with E-state index in [0.29, 0.717) is 13.0 Å². The zero-order valence-corrected chi connectivity index (χ0v) is 52.2. The molecule has 0 aromatic heterocycles. The summed E-state index contributed by atoms with van der Waals surface area (Å²) in [5.41, 5.74) is -1.55. The fourth-order valence-corrected chi connectivity index (χ4v) is 12.0. The van der Waals surface area contributed by atoms with Crippen molar-refractivity contribution in [2.75, 3.05) is 40.3 Å². The van der Waals surface area contributed by atoms with E-state index in [0.717, 1.165) is 48.5 Å². The lowest BCUT2D eigenvalue weighted by Gasteiger charge is -2.32. The van der Waals surface area contributed by atoms with Gasteiger partial charge in [-0.15, -0.1) is 0 Å². The number of hydrogen-bond acceptors (Lipinski definition) is 21. The molecule has 9 atom stereocenters. The molecule has 7 aromatic rings. The molecule has 7 aromatic carbocycles. The number of likely N-dealkylation sites (N-methyl/N-ethyl adjacent to an activating group) is 1. The molecule has 0 spiro atoms. The number of halogens is 2. The van der Waals surface area contributed by atoms with Gasteiger partial charge in [-0.3, -0.25) is 38.9 Å². The van der Waals surface area contributed by atoms with Crippen LogP contribution in [0.25, 0.3) is 11.1 Å². The first kappa shape index (κ1) is 66.9. The highest BCUT2D eigenvalue weighted by Crippen LogP contribution is 2.48. The maximum absolute atomic E-state index is 15.9. The zero-order valence-electron chi connectivity index (χ0n) is 50.7. The molecule has 17 bridgehead atoms. The second-order valence-corrected chi connectivity index (χ2v) is 24.0. The number of benzene rings is 7. The van der Waals surface area contributed by atoms with Crippen LogP contribution in [0.4, 0.5) is 0 Å². The summed E-state index contributed by atoms with van der Waals surface area (Å²) in [4.78, 5) is 108. The molecule has 30 heteroatoms. The summed E-state index contributed by atoms with van der Waals surface area (Å²) in [5, 5.41) is 123. The summed E-state index contributed by atoms with van der Waals surface area (Å²) in [7, 11) is 3.13. The van der Waals surface area contributed by atoms with Crippen LogP contribution in [0.1, 0.15) is 81.7 Å². The van der Waals surface area contributed by atoms with E-state index in [-0.39, 0.29) is 103 Å². The van der Waals surface area contributed by atoms with Gasteiger partial charge in [0.2, 0.25) is 47.1 Å². The van der Waals surface area contributed by atoms with Crippen molar-refractivity contribution >= 4 is 64.6 Å². The number of amides is 7. The molecule has 500 valence electrons. The molecule has 28 nitrogen and oxygen atoms in total. The molecule has 0 radical (unpaired) electrons. The molecule has 6 aliphatic rings. The third-order valence-corrected chi connectivity index (χ3v) is 17.1. The quantitative estimate of drug-likeness (QED) is 0.0910. The second-order valence-electron chi connectivity index (χ2n) is 23.2. The van der Waals surface area contributed by atoms with E-state index in [1.54, 1.807) is 7.05 Å². The third kappa shape index (κ3) is 14.0. The monoisotopic (exact) mass is 1360 g/mol. The van der Waals surface area contributed by atoms with Crippen molar-refractivity contribution < 1.29 is 93.7 Å². The number of aliphatic hydroxyl groups excluding tert-OH is 3. The van der Waals surface area contributed by atoms with Crippen LogP contribution in [-0.2, 0) is 40.0 Å². The number of carbonyl (C=O) groups excluding carboxylic acids is 7. The fraction of sp³-hybridized carbons (Fsp3) is 0.258. The Morgan fingerprint density at radius 2 is 1.20 bits per heavy atom. The highest BCUT2D eigenvalue weighted by molar-refractivity contribution is 6.32. The lowest BCUT2D eigenvalue weighted by molar-refractivity contribution is -0.139. The first-order valence-electron chi connectivity index (χ1n) is 29.8. The molecule has 6 aliphatic heterocycles. The molecule has 7 amide bonds. The van der Waals surface area contributed by atoms with Crippen LogP contribution < -0.4 is 56.7 Å². The number of ether oxygens (including phenoxy) is 3. The highest BCUT2D eigenvalue weighted by atomic mass is 35.5. The van der Waals surface area contributed by atoms with Gasteiger partial charge < -0.3 is 102 Å². The van der Waals surface area contributed by atoms with E-state index in [1.807, 2.05) is 0 Å². The number of hydrogen-bond donors (Lipinski definition) is 17. The molecule has 1 unspecified atom stereocenters. The molecule has 0 saturated carbocycles. The van der Waals surface area contributed by atoms with Crippen molar-refractivity contribution in [3.05, 3.63) is 164 Å². The number of phenols is 6. The summed E-state index contributed by atoms with van der Waals surface area (Å²) in [6, 6.07) is 9.05. The SMILES string of the molecule is CNCCCN(C)C(=O)[C@@H]1NC(=O)[C@H]2NC(=O)[C@H](NC(=O)[C@@H]3NC(=O)[C@H]4NC(=O)[C@@H](Cc5ccc(c(Cl)c5)Oc5cc3cc(c5O)Oc3ccc(cc3Cl)[C@H]2O)NC(=O)[C@@H](NCC(O)CO)c2ccc(O)c(c2)Oc2cc(O)cc4c2)c2ccc(O)c(c2)-c2c(O)cc(O)cc21. The topological polar surface area (TPSA) is 429 Å². The Morgan fingerprint density at radius 1 is 0.594 bits per heavy atom. The summed E-state index contributed by atoms with van der Waals surface area (Å²) >= 11 is 13.9. The van der Waals surface area contributed by atoms with Crippen molar-refractivity contribution in [1.29, 1.82) is 0 Å². The minimum absolute atomic E-state index is 0.103. The number of carbonyl (C=O) groups is 7. The van der Waals surface area contributed by atoms with E-state index in [4.69, 9.17) is 37.4 Å². The maximum Gasteiger partial charge on any atom is 0.249 e. The fourth-order valence-electron chi connectivity index (χ4n) is 11.6. The van der Waals surface area contributed by atoms with Gasteiger partial charge in [0.15, 0.2) is 23.0 Å². The van der Waals surface area contributed by atoms with Crippen LogP contribution in [0.5, 0.6) is 69.0 Å². The Morgan fingerprint density at radius 3 is 1.88 bits per heavy atom. The summed E-state index contributed by atoms with van der Waals surface area (Å²) in [6.45, 7) is -0.542. The molecular weight excluding hydrogens is 1290 g/mol. The molecule has 0 fully saturated rings. The van der Waals surface area contributed by atoms with Crippen molar-refractivity contribution in [2.24, 2.45) is 0 Å². The van der Waals surface area contributed by atoms with E-state index >= 15 is 24.0 Å². The Balaban J connectivity index is 1.12. The Kier molecular flexibility index (Phi) is 19.3.